The Morgan fingerprint density at radius 3 is 2.32 bits per heavy atom. The molecular weight excluding hydrogens is 331 g/mol. The minimum Gasteiger partial charge on any atom is -0.385 e. The largest absolute Gasteiger partial charge is 0.416 e. The van der Waals surface area contributed by atoms with Crippen molar-refractivity contribution in [1.82, 2.24) is 4.90 Å². The number of nitrogens with zero attached hydrogens (tertiary/aromatic N) is 1. The average Bonchev–Trinajstić information content (AvgIpc) is 3.09. The maximum absolute atomic E-state index is 13.6. The van der Waals surface area contributed by atoms with E-state index in [-0.39, 0.29) is 17.9 Å². The Morgan fingerprint density at radius 1 is 1.08 bits per heavy atom. The summed E-state index contributed by atoms with van der Waals surface area (Å²) in [5, 5.41) is 11.0. The Labute approximate surface area is 145 Å². The summed E-state index contributed by atoms with van der Waals surface area (Å²) < 4.78 is 40.8. The van der Waals surface area contributed by atoms with Crippen molar-refractivity contribution in [2.45, 2.75) is 63.1 Å². The van der Waals surface area contributed by atoms with E-state index in [2.05, 4.69) is 0 Å². The lowest BCUT2D eigenvalue weighted by atomic mass is 9.75. The van der Waals surface area contributed by atoms with Crippen LogP contribution in [0.15, 0.2) is 18.2 Å². The summed E-state index contributed by atoms with van der Waals surface area (Å²) in [5.74, 6) is -0.155. The molecule has 0 bridgehead atoms. The van der Waals surface area contributed by atoms with Crippen LogP contribution in [0.4, 0.5) is 13.2 Å². The number of alkyl halides is 3. The van der Waals surface area contributed by atoms with E-state index in [4.69, 9.17) is 0 Å². The topological polar surface area (TPSA) is 40.5 Å². The minimum absolute atomic E-state index is 0.0743. The van der Waals surface area contributed by atoms with Gasteiger partial charge in [-0.05, 0) is 42.9 Å². The van der Waals surface area contributed by atoms with E-state index in [1.165, 1.54) is 6.07 Å². The first kappa shape index (κ1) is 18.2. The molecule has 0 spiro atoms. The number of carbonyl (C=O) groups is 1. The van der Waals surface area contributed by atoms with E-state index >= 15 is 0 Å². The van der Waals surface area contributed by atoms with Crippen molar-refractivity contribution >= 4 is 5.91 Å². The number of likely N-dealkylation sites (tertiary alicyclic amines) is 1. The number of carbonyl (C=O) groups excluding carboxylic acids is 1. The summed E-state index contributed by atoms with van der Waals surface area (Å²) in [6.45, 7) is 1.33. The van der Waals surface area contributed by atoms with Gasteiger partial charge in [-0.15, -0.1) is 0 Å². The van der Waals surface area contributed by atoms with Crippen LogP contribution in [-0.2, 0) is 23.0 Å². The smallest absolute Gasteiger partial charge is 0.385 e. The fourth-order valence-corrected chi connectivity index (χ4v) is 4.16. The highest BCUT2D eigenvalue weighted by molar-refractivity contribution is 5.79. The molecule has 0 atom stereocenters. The van der Waals surface area contributed by atoms with Crippen molar-refractivity contribution in [3.05, 3.63) is 34.9 Å². The molecule has 138 valence electrons. The molecule has 3 rings (SSSR count). The Hall–Kier alpha value is -1.56. The lowest BCUT2D eigenvalue weighted by molar-refractivity contribution is -0.141. The van der Waals surface area contributed by atoms with Gasteiger partial charge in [0.05, 0.1) is 17.6 Å². The van der Waals surface area contributed by atoms with Crippen molar-refractivity contribution in [3.63, 3.8) is 0 Å². The summed E-state index contributed by atoms with van der Waals surface area (Å²) in [7, 11) is 0. The molecular formula is C19H24F3NO2. The number of hydrogen-bond acceptors (Lipinski definition) is 2. The summed E-state index contributed by atoms with van der Waals surface area (Å²) in [6, 6.07) is 3.92. The molecule has 1 saturated heterocycles. The van der Waals surface area contributed by atoms with Crippen LogP contribution in [0.5, 0.6) is 0 Å². The lowest BCUT2D eigenvalue weighted by Crippen LogP contribution is -2.35. The molecule has 1 aromatic rings. The molecule has 1 N–H and O–H groups in total. The Morgan fingerprint density at radius 2 is 1.72 bits per heavy atom. The molecule has 25 heavy (non-hydrogen) atoms. The second kappa shape index (κ2) is 6.98. The number of hydrogen-bond donors (Lipinski definition) is 1. The minimum atomic E-state index is -4.55. The number of benzene rings is 1. The van der Waals surface area contributed by atoms with Crippen LogP contribution in [0.3, 0.4) is 0 Å². The third kappa shape index (κ3) is 3.84. The first-order valence-electron chi connectivity index (χ1n) is 9.01. The number of amides is 1. The van der Waals surface area contributed by atoms with Crippen molar-refractivity contribution in [3.8, 4) is 0 Å². The third-order valence-electron chi connectivity index (χ3n) is 5.40. The summed E-state index contributed by atoms with van der Waals surface area (Å²) in [4.78, 5) is 14.2. The Bertz CT molecular complexity index is 630. The Kier molecular flexibility index (Phi) is 5.09. The number of rotatable bonds is 3. The molecule has 1 aliphatic heterocycles. The average molecular weight is 355 g/mol. The SMILES string of the molecule is O=C(Cc1cccc(C(F)(F)F)c1C1(O)CCCCC1)N1CCCC1. The van der Waals surface area contributed by atoms with Gasteiger partial charge in [0.1, 0.15) is 0 Å². The fourth-order valence-electron chi connectivity index (χ4n) is 4.16. The van der Waals surface area contributed by atoms with Gasteiger partial charge in [-0.25, -0.2) is 0 Å². The number of aliphatic hydroxyl groups is 1. The summed E-state index contributed by atoms with van der Waals surface area (Å²) in [5.41, 5.74) is -2.06. The maximum Gasteiger partial charge on any atom is 0.416 e. The van der Waals surface area contributed by atoms with E-state index in [1.54, 1.807) is 11.0 Å². The second-order valence-corrected chi connectivity index (χ2v) is 7.19. The third-order valence-corrected chi connectivity index (χ3v) is 5.40. The molecule has 0 radical (unpaired) electrons. The van der Waals surface area contributed by atoms with Crippen LogP contribution in [0.2, 0.25) is 0 Å². The van der Waals surface area contributed by atoms with Gasteiger partial charge < -0.3 is 10.0 Å². The summed E-state index contributed by atoms with van der Waals surface area (Å²) in [6.07, 6.45) is 0.173. The standard InChI is InChI=1S/C19H24F3NO2/c20-19(21,22)15-8-6-7-14(13-16(24)23-11-4-5-12-23)17(15)18(25)9-2-1-3-10-18/h6-8,25H,1-5,9-13H2. The first-order chi connectivity index (χ1) is 11.8. The number of halogens is 3. The van der Waals surface area contributed by atoms with Crippen LogP contribution in [0, 0.1) is 0 Å². The first-order valence-corrected chi connectivity index (χ1v) is 9.01. The molecule has 2 fully saturated rings. The highest BCUT2D eigenvalue weighted by Gasteiger charge is 2.43. The van der Waals surface area contributed by atoms with Crippen molar-refractivity contribution in [2.75, 3.05) is 13.1 Å². The van der Waals surface area contributed by atoms with E-state index in [0.29, 0.717) is 44.3 Å². The predicted octanol–water partition coefficient (Wildman–Crippen LogP) is 4.02. The molecule has 2 aliphatic rings. The fraction of sp³-hybridized carbons (Fsp3) is 0.632. The molecule has 0 aromatic heterocycles. The molecule has 1 aromatic carbocycles. The van der Waals surface area contributed by atoms with Crippen molar-refractivity contribution in [1.29, 1.82) is 0 Å². The van der Waals surface area contributed by atoms with Crippen molar-refractivity contribution < 1.29 is 23.1 Å². The molecule has 1 aliphatic carbocycles. The molecule has 0 unspecified atom stereocenters. The van der Waals surface area contributed by atoms with Crippen LogP contribution >= 0.6 is 0 Å². The zero-order valence-electron chi connectivity index (χ0n) is 14.2. The van der Waals surface area contributed by atoms with E-state index in [0.717, 1.165) is 25.3 Å². The van der Waals surface area contributed by atoms with Crippen LogP contribution < -0.4 is 0 Å². The molecule has 1 heterocycles. The van der Waals surface area contributed by atoms with Gasteiger partial charge in [0.25, 0.3) is 0 Å². The lowest BCUT2D eigenvalue weighted by Gasteiger charge is -2.36. The van der Waals surface area contributed by atoms with Crippen LogP contribution in [0.25, 0.3) is 0 Å². The highest BCUT2D eigenvalue weighted by Crippen LogP contribution is 2.45. The molecule has 6 heteroatoms. The van der Waals surface area contributed by atoms with Crippen LogP contribution in [-0.4, -0.2) is 29.0 Å². The summed E-state index contributed by atoms with van der Waals surface area (Å²) >= 11 is 0. The normalized spacial score (nSPS) is 20.7. The van der Waals surface area contributed by atoms with Gasteiger partial charge in [0.2, 0.25) is 5.91 Å². The second-order valence-electron chi connectivity index (χ2n) is 7.19. The monoisotopic (exact) mass is 355 g/mol. The predicted molar refractivity (Wildman–Crippen MR) is 87.9 cm³/mol. The van der Waals surface area contributed by atoms with Gasteiger partial charge in [0.15, 0.2) is 0 Å². The molecule has 1 amide bonds. The molecule has 3 nitrogen and oxygen atoms in total. The van der Waals surface area contributed by atoms with Gasteiger partial charge >= 0.3 is 6.18 Å². The van der Waals surface area contributed by atoms with E-state index in [1.807, 2.05) is 0 Å². The van der Waals surface area contributed by atoms with Crippen LogP contribution in [0.1, 0.15) is 61.6 Å². The van der Waals surface area contributed by atoms with E-state index in [9.17, 15) is 23.1 Å². The van der Waals surface area contributed by atoms with Crippen molar-refractivity contribution in [2.24, 2.45) is 0 Å². The maximum atomic E-state index is 13.6. The van der Waals surface area contributed by atoms with E-state index < -0.39 is 17.3 Å². The zero-order valence-corrected chi connectivity index (χ0v) is 14.2. The zero-order chi connectivity index (χ0) is 18.1. The van der Waals surface area contributed by atoms with Gasteiger partial charge in [-0.3, -0.25) is 4.79 Å². The van der Waals surface area contributed by atoms with Gasteiger partial charge in [-0.2, -0.15) is 13.2 Å². The quantitative estimate of drug-likeness (QED) is 0.890. The Balaban J connectivity index is 2.00. The highest BCUT2D eigenvalue weighted by atomic mass is 19.4. The van der Waals surface area contributed by atoms with Gasteiger partial charge in [-0.1, -0.05) is 31.4 Å². The van der Waals surface area contributed by atoms with Gasteiger partial charge in [0, 0.05) is 13.1 Å². The molecule has 1 saturated carbocycles.